The molecule has 0 saturated carbocycles. The summed E-state index contributed by atoms with van der Waals surface area (Å²) in [6.07, 6.45) is 1.27. The van der Waals surface area contributed by atoms with Crippen LogP contribution in [0.5, 0.6) is 0 Å². The van der Waals surface area contributed by atoms with E-state index in [1.54, 1.807) is 6.92 Å². The van der Waals surface area contributed by atoms with Gasteiger partial charge in [-0.25, -0.2) is 18.2 Å². The summed E-state index contributed by atoms with van der Waals surface area (Å²) in [7, 11) is -3.89. The Balaban J connectivity index is 2.41. The maximum absolute atomic E-state index is 12.2. The topological polar surface area (TPSA) is 96.4 Å². The van der Waals surface area contributed by atoms with Gasteiger partial charge in [0.1, 0.15) is 4.21 Å². The number of anilines is 1. The lowest BCUT2D eigenvalue weighted by Gasteiger charge is -2.07. The molecule has 0 saturated heterocycles. The zero-order chi connectivity index (χ0) is 14.9. The van der Waals surface area contributed by atoms with Crippen LogP contribution in [-0.4, -0.2) is 24.5 Å². The quantitative estimate of drug-likeness (QED) is 0.897. The van der Waals surface area contributed by atoms with Gasteiger partial charge in [-0.2, -0.15) is 0 Å². The van der Waals surface area contributed by atoms with Gasteiger partial charge >= 0.3 is 5.97 Å². The summed E-state index contributed by atoms with van der Waals surface area (Å²) < 4.78 is 26.9. The van der Waals surface area contributed by atoms with Gasteiger partial charge in [-0.15, -0.1) is 11.3 Å². The Hall–Kier alpha value is -1.64. The molecule has 0 bridgehead atoms. The lowest BCUT2D eigenvalue weighted by molar-refractivity contribution is 0.0692. The molecule has 2 N–H and O–H groups in total. The van der Waals surface area contributed by atoms with E-state index in [0.717, 1.165) is 11.3 Å². The highest BCUT2D eigenvalue weighted by Gasteiger charge is 2.21. The van der Waals surface area contributed by atoms with E-state index in [1.807, 2.05) is 0 Å². The van der Waals surface area contributed by atoms with E-state index in [1.165, 1.54) is 24.4 Å². The number of carbonyl (C=O) groups is 1. The molecule has 0 amide bonds. The van der Waals surface area contributed by atoms with Gasteiger partial charge in [0.2, 0.25) is 0 Å². The average Bonchev–Trinajstić information content (AvgIpc) is 2.70. The molecule has 0 aliphatic heterocycles. The molecule has 20 heavy (non-hydrogen) atoms. The summed E-state index contributed by atoms with van der Waals surface area (Å²) in [5.74, 6) is -1.32. The van der Waals surface area contributed by atoms with Crippen molar-refractivity contribution in [3.63, 3.8) is 0 Å². The molecule has 2 aromatic rings. The van der Waals surface area contributed by atoms with Crippen LogP contribution < -0.4 is 4.72 Å². The zero-order valence-corrected chi connectivity index (χ0v) is 12.5. The fraction of sp³-hybridized carbons (Fsp3) is 0.0909. The number of rotatable bonds is 4. The third kappa shape index (κ3) is 2.92. The van der Waals surface area contributed by atoms with Crippen molar-refractivity contribution >= 4 is 44.6 Å². The smallest absolute Gasteiger partial charge is 0.356 e. The van der Waals surface area contributed by atoms with Crippen LogP contribution in [0.3, 0.4) is 0 Å². The summed E-state index contributed by atoms with van der Waals surface area (Å²) in [5.41, 5.74) is 0.180. The van der Waals surface area contributed by atoms with E-state index >= 15 is 0 Å². The van der Waals surface area contributed by atoms with Crippen molar-refractivity contribution < 1.29 is 18.3 Å². The van der Waals surface area contributed by atoms with E-state index in [9.17, 15) is 13.2 Å². The Morgan fingerprint density at radius 2 is 2.20 bits per heavy atom. The van der Waals surface area contributed by atoms with Crippen molar-refractivity contribution in [2.24, 2.45) is 0 Å². The lowest BCUT2D eigenvalue weighted by Crippen LogP contribution is -2.15. The van der Waals surface area contributed by atoms with Crippen LogP contribution in [0, 0.1) is 6.92 Å². The van der Waals surface area contributed by atoms with Crippen molar-refractivity contribution in [2.75, 3.05) is 4.72 Å². The number of aromatic carboxylic acids is 1. The maximum atomic E-state index is 12.2. The number of nitrogens with zero attached hydrogens (tertiary/aromatic N) is 1. The normalized spacial score (nSPS) is 11.3. The molecule has 0 spiro atoms. The first-order chi connectivity index (χ1) is 9.31. The molecule has 0 aliphatic carbocycles. The van der Waals surface area contributed by atoms with Gasteiger partial charge in [-0.1, -0.05) is 11.6 Å². The highest BCUT2D eigenvalue weighted by Crippen LogP contribution is 2.31. The number of sulfonamides is 1. The summed E-state index contributed by atoms with van der Waals surface area (Å²) in [4.78, 5) is 14.6. The van der Waals surface area contributed by atoms with Crippen molar-refractivity contribution in [3.8, 4) is 0 Å². The molecule has 9 heteroatoms. The van der Waals surface area contributed by atoms with Gasteiger partial charge in [-0.05, 0) is 30.7 Å². The molecule has 106 valence electrons. The van der Waals surface area contributed by atoms with Crippen molar-refractivity contribution in [1.29, 1.82) is 0 Å². The highest BCUT2D eigenvalue weighted by atomic mass is 35.5. The molecular formula is C11H9ClN2O4S2. The van der Waals surface area contributed by atoms with Gasteiger partial charge < -0.3 is 5.11 Å². The Morgan fingerprint density at radius 3 is 2.75 bits per heavy atom. The first kappa shape index (κ1) is 14.8. The predicted octanol–water partition coefficient (Wildman–Crippen LogP) is 2.60. The summed E-state index contributed by atoms with van der Waals surface area (Å²) >= 11 is 6.74. The van der Waals surface area contributed by atoms with Crippen molar-refractivity contribution in [1.82, 2.24) is 4.98 Å². The van der Waals surface area contributed by atoms with Crippen LogP contribution in [0.4, 0.5) is 5.69 Å². The van der Waals surface area contributed by atoms with E-state index < -0.39 is 16.0 Å². The fourth-order valence-electron chi connectivity index (χ4n) is 1.42. The molecule has 0 radical (unpaired) electrons. The van der Waals surface area contributed by atoms with E-state index in [-0.39, 0.29) is 15.6 Å². The fourth-order valence-corrected chi connectivity index (χ4v) is 4.19. The van der Waals surface area contributed by atoms with Crippen LogP contribution in [0.1, 0.15) is 16.1 Å². The Labute approximate surface area is 124 Å². The van der Waals surface area contributed by atoms with Crippen LogP contribution >= 0.6 is 22.9 Å². The Morgan fingerprint density at radius 1 is 1.50 bits per heavy atom. The summed E-state index contributed by atoms with van der Waals surface area (Å²) in [6.45, 7) is 1.69. The van der Waals surface area contributed by atoms with Crippen LogP contribution in [0.25, 0.3) is 0 Å². The maximum Gasteiger partial charge on any atom is 0.356 e. The number of nitrogens with one attached hydrogen (secondary N) is 1. The van der Waals surface area contributed by atoms with E-state index in [0.29, 0.717) is 9.90 Å². The zero-order valence-electron chi connectivity index (χ0n) is 10.1. The van der Waals surface area contributed by atoms with Crippen LogP contribution in [0.15, 0.2) is 28.6 Å². The van der Waals surface area contributed by atoms with Gasteiger partial charge in [0, 0.05) is 6.20 Å². The van der Waals surface area contributed by atoms with Gasteiger partial charge in [0.25, 0.3) is 10.0 Å². The number of aryl methyl sites for hydroxylation is 1. The van der Waals surface area contributed by atoms with Gasteiger partial charge in [0.15, 0.2) is 5.69 Å². The minimum atomic E-state index is -3.89. The van der Waals surface area contributed by atoms with E-state index in [4.69, 9.17) is 16.7 Å². The third-order valence-electron chi connectivity index (χ3n) is 2.35. The van der Waals surface area contributed by atoms with Crippen LogP contribution in [-0.2, 0) is 10.0 Å². The number of aromatic nitrogens is 1. The third-order valence-corrected chi connectivity index (χ3v) is 5.75. The molecule has 0 aliphatic rings. The van der Waals surface area contributed by atoms with Crippen molar-refractivity contribution in [2.45, 2.75) is 11.1 Å². The Kier molecular flexibility index (Phi) is 3.98. The second-order valence-electron chi connectivity index (χ2n) is 3.83. The molecule has 0 unspecified atom stereocenters. The van der Waals surface area contributed by atoms with Crippen molar-refractivity contribution in [3.05, 3.63) is 40.0 Å². The number of hydrogen-bond donors (Lipinski definition) is 2. The minimum Gasteiger partial charge on any atom is -0.476 e. The first-order valence-electron chi connectivity index (χ1n) is 5.28. The Bertz CT molecular complexity index is 751. The molecule has 2 aromatic heterocycles. The molecule has 2 heterocycles. The molecule has 0 atom stereocenters. The largest absolute Gasteiger partial charge is 0.476 e. The number of halogens is 1. The number of carboxylic acids is 1. The second kappa shape index (κ2) is 5.39. The average molecular weight is 333 g/mol. The minimum absolute atomic E-state index is 0.0141. The second-order valence-corrected chi connectivity index (χ2v) is 7.40. The molecular weight excluding hydrogens is 324 g/mol. The van der Waals surface area contributed by atoms with E-state index in [2.05, 4.69) is 9.71 Å². The summed E-state index contributed by atoms with van der Waals surface area (Å²) in [5, 5.41) is 8.97. The van der Waals surface area contributed by atoms with Gasteiger partial charge in [0.05, 0.1) is 10.0 Å². The van der Waals surface area contributed by atoms with Crippen LogP contribution in [0.2, 0.25) is 4.34 Å². The summed E-state index contributed by atoms with van der Waals surface area (Å²) in [6, 6.07) is 4.19. The predicted molar refractivity (Wildman–Crippen MR) is 76.1 cm³/mol. The first-order valence-corrected chi connectivity index (χ1v) is 7.96. The monoisotopic (exact) mass is 332 g/mol. The molecule has 0 aromatic carbocycles. The van der Waals surface area contributed by atoms with Gasteiger partial charge in [-0.3, -0.25) is 4.72 Å². The molecule has 6 nitrogen and oxygen atoms in total. The number of hydrogen-bond acceptors (Lipinski definition) is 5. The molecule has 2 rings (SSSR count). The SMILES string of the molecule is Cc1cc(S(=O)(=O)Nc2cccnc2C(=O)O)sc1Cl. The lowest BCUT2D eigenvalue weighted by atomic mass is 10.3. The number of pyridine rings is 1. The number of thiophene rings is 1. The standard InChI is InChI=1S/C11H9ClN2O4S2/c1-6-5-8(19-10(6)12)20(17,18)14-7-3-2-4-13-9(7)11(15)16/h2-5,14H,1H3,(H,15,16). The molecule has 0 fully saturated rings. The number of carboxylic acid groups (broad SMARTS) is 1. The highest BCUT2D eigenvalue weighted by molar-refractivity contribution is 7.94.